The Labute approximate surface area is 65.8 Å². The third kappa shape index (κ3) is 2.67. The highest BCUT2D eigenvalue weighted by Crippen LogP contribution is 1.98. The highest BCUT2D eigenvalue weighted by Gasteiger charge is 1.80. The van der Waals surface area contributed by atoms with Crippen molar-refractivity contribution in [2.75, 3.05) is 0 Å². The molecule has 11 heavy (non-hydrogen) atoms. The molecule has 2 heteroatoms. The summed E-state index contributed by atoms with van der Waals surface area (Å²) in [6.07, 6.45) is 12.4. The highest BCUT2D eigenvalue weighted by atomic mass is 14.6. The number of hydrogen-bond acceptors (Lipinski definition) is 1. The number of nitrogens with one attached hydrogen (secondary N) is 2. The molecule has 0 bridgehead atoms. The quantitative estimate of drug-likeness (QED) is 0.485. The molecule has 2 nitrogen and oxygen atoms in total. The van der Waals surface area contributed by atoms with Crippen molar-refractivity contribution < 1.29 is 0 Å². The van der Waals surface area contributed by atoms with Crippen LogP contribution in [0.15, 0.2) is 36.7 Å². The molecule has 0 radical (unpaired) electrons. The molecule has 0 saturated heterocycles. The zero-order chi connectivity index (χ0) is 7.94. The van der Waals surface area contributed by atoms with E-state index < -0.39 is 0 Å². The van der Waals surface area contributed by atoms with Gasteiger partial charge in [-0.15, -0.1) is 0 Å². The Morgan fingerprint density at radius 2 is 2.18 bits per heavy atom. The predicted molar refractivity (Wildman–Crippen MR) is 47.8 cm³/mol. The minimum absolute atomic E-state index is 1.14. The van der Waals surface area contributed by atoms with Crippen LogP contribution in [-0.4, -0.2) is 11.2 Å². The highest BCUT2D eigenvalue weighted by molar-refractivity contribution is 5.68. The molecule has 0 aromatic carbocycles. The van der Waals surface area contributed by atoms with E-state index in [1.807, 2.05) is 36.7 Å². The van der Waals surface area contributed by atoms with E-state index in [9.17, 15) is 0 Å². The number of H-pyrrole nitrogens is 1. The Morgan fingerprint density at radius 1 is 1.27 bits per heavy atom. The van der Waals surface area contributed by atoms with Gasteiger partial charge in [0.25, 0.3) is 0 Å². The molecular formula is C9H10N2. The molecule has 0 unspecified atom stereocenters. The molecule has 56 valence electrons. The van der Waals surface area contributed by atoms with Gasteiger partial charge < -0.3 is 10.4 Å². The Hall–Kier alpha value is -1.57. The van der Waals surface area contributed by atoms with Crippen LogP contribution in [0.1, 0.15) is 5.56 Å². The Kier molecular flexibility index (Phi) is 2.93. The zero-order valence-corrected chi connectivity index (χ0v) is 6.12. The fourth-order valence-electron chi connectivity index (χ4n) is 0.727. The predicted octanol–water partition coefficient (Wildman–Crippen LogP) is 2.23. The molecule has 0 aliphatic carbocycles. The van der Waals surface area contributed by atoms with Gasteiger partial charge in [-0.3, -0.25) is 0 Å². The summed E-state index contributed by atoms with van der Waals surface area (Å²) in [6, 6.07) is 1.98. The van der Waals surface area contributed by atoms with Gasteiger partial charge in [-0.25, -0.2) is 0 Å². The fourth-order valence-corrected chi connectivity index (χ4v) is 0.727. The second kappa shape index (κ2) is 4.28. The van der Waals surface area contributed by atoms with Crippen LogP contribution in [0, 0.1) is 5.41 Å². The van der Waals surface area contributed by atoms with Crippen LogP contribution in [0.4, 0.5) is 0 Å². The second-order valence-electron chi connectivity index (χ2n) is 2.06. The standard InChI is InChI=1S/C9H10N2/c10-6-3-1-2-4-9-5-7-11-8-9/h1-8,10-11H/b3-1+,4-2+,10-6?. The van der Waals surface area contributed by atoms with Crippen LogP contribution < -0.4 is 0 Å². The van der Waals surface area contributed by atoms with Gasteiger partial charge in [-0.1, -0.05) is 18.2 Å². The summed E-state index contributed by atoms with van der Waals surface area (Å²) in [5.74, 6) is 0. The molecule has 0 saturated carbocycles. The first-order valence-electron chi connectivity index (χ1n) is 3.40. The van der Waals surface area contributed by atoms with E-state index in [1.54, 1.807) is 6.08 Å². The molecule has 1 rings (SSSR count). The van der Waals surface area contributed by atoms with E-state index in [1.165, 1.54) is 6.21 Å². The van der Waals surface area contributed by atoms with Crippen molar-refractivity contribution in [2.45, 2.75) is 0 Å². The summed E-state index contributed by atoms with van der Waals surface area (Å²) in [5.41, 5.74) is 1.14. The molecule has 0 fully saturated rings. The van der Waals surface area contributed by atoms with Gasteiger partial charge >= 0.3 is 0 Å². The van der Waals surface area contributed by atoms with E-state index >= 15 is 0 Å². The Balaban J connectivity index is 2.49. The third-order valence-corrected chi connectivity index (χ3v) is 1.23. The van der Waals surface area contributed by atoms with E-state index in [0.29, 0.717) is 0 Å². The maximum Gasteiger partial charge on any atom is 0.0177 e. The summed E-state index contributed by atoms with van der Waals surface area (Å²) in [5, 5.41) is 6.70. The first-order valence-corrected chi connectivity index (χ1v) is 3.40. The lowest BCUT2D eigenvalue weighted by molar-refractivity contribution is 1.41. The molecule has 0 aliphatic heterocycles. The minimum Gasteiger partial charge on any atom is -0.367 e. The number of rotatable bonds is 3. The molecule has 0 amide bonds. The van der Waals surface area contributed by atoms with Crippen LogP contribution in [0.3, 0.4) is 0 Å². The van der Waals surface area contributed by atoms with Crippen molar-refractivity contribution >= 4 is 12.3 Å². The lowest BCUT2D eigenvalue weighted by atomic mass is 10.3. The van der Waals surface area contributed by atoms with Crippen molar-refractivity contribution in [3.63, 3.8) is 0 Å². The summed E-state index contributed by atoms with van der Waals surface area (Å²) in [7, 11) is 0. The molecule has 1 heterocycles. The SMILES string of the molecule is N=C/C=C/C=C/c1cc[nH]c1. The molecule has 0 aliphatic rings. The summed E-state index contributed by atoms with van der Waals surface area (Å²) in [4.78, 5) is 2.95. The van der Waals surface area contributed by atoms with Crippen molar-refractivity contribution in [1.29, 1.82) is 5.41 Å². The minimum atomic E-state index is 1.14. The smallest absolute Gasteiger partial charge is 0.0177 e. The van der Waals surface area contributed by atoms with Gasteiger partial charge in [-0.05, 0) is 17.7 Å². The lowest BCUT2D eigenvalue weighted by Gasteiger charge is -1.77. The van der Waals surface area contributed by atoms with Gasteiger partial charge in [0.15, 0.2) is 0 Å². The normalized spacial score (nSPS) is 11.3. The van der Waals surface area contributed by atoms with Gasteiger partial charge in [0.05, 0.1) is 0 Å². The van der Waals surface area contributed by atoms with Gasteiger partial charge in [-0.2, -0.15) is 0 Å². The molecule has 0 spiro atoms. The first kappa shape index (κ1) is 7.54. The molecule has 1 aromatic rings. The van der Waals surface area contributed by atoms with E-state index in [4.69, 9.17) is 5.41 Å². The zero-order valence-electron chi connectivity index (χ0n) is 6.12. The number of allylic oxidation sites excluding steroid dienone is 3. The summed E-state index contributed by atoms with van der Waals surface area (Å²) in [6.45, 7) is 0. The molecule has 2 N–H and O–H groups in total. The Bertz CT molecular complexity index is 255. The van der Waals surface area contributed by atoms with Crippen LogP contribution in [-0.2, 0) is 0 Å². The summed E-state index contributed by atoms with van der Waals surface area (Å²) >= 11 is 0. The average molecular weight is 146 g/mol. The fraction of sp³-hybridized carbons (Fsp3) is 0. The van der Waals surface area contributed by atoms with E-state index in [2.05, 4.69) is 4.98 Å². The number of aromatic nitrogens is 1. The third-order valence-electron chi connectivity index (χ3n) is 1.23. The monoisotopic (exact) mass is 146 g/mol. The number of hydrogen-bond donors (Lipinski definition) is 2. The van der Waals surface area contributed by atoms with Crippen LogP contribution in [0.5, 0.6) is 0 Å². The molecular weight excluding hydrogens is 136 g/mol. The van der Waals surface area contributed by atoms with E-state index in [-0.39, 0.29) is 0 Å². The van der Waals surface area contributed by atoms with Crippen LogP contribution in [0.25, 0.3) is 6.08 Å². The van der Waals surface area contributed by atoms with Gasteiger partial charge in [0.2, 0.25) is 0 Å². The maximum atomic E-state index is 6.70. The van der Waals surface area contributed by atoms with Crippen molar-refractivity contribution in [1.82, 2.24) is 4.98 Å². The van der Waals surface area contributed by atoms with Crippen molar-refractivity contribution in [3.05, 3.63) is 42.3 Å². The van der Waals surface area contributed by atoms with Crippen molar-refractivity contribution in [3.8, 4) is 0 Å². The summed E-state index contributed by atoms with van der Waals surface area (Å²) < 4.78 is 0. The molecule has 1 aromatic heterocycles. The average Bonchev–Trinajstić information content (AvgIpc) is 2.50. The number of aromatic amines is 1. The topological polar surface area (TPSA) is 39.6 Å². The van der Waals surface area contributed by atoms with Crippen LogP contribution >= 0.6 is 0 Å². The van der Waals surface area contributed by atoms with Crippen LogP contribution in [0.2, 0.25) is 0 Å². The van der Waals surface area contributed by atoms with E-state index in [0.717, 1.165) is 5.56 Å². The maximum absolute atomic E-state index is 6.70. The largest absolute Gasteiger partial charge is 0.367 e. The lowest BCUT2D eigenvalue weighted by Crippen LogP contribution is -1.59. The van der Waals surface area contributed by atoms with Gasteiger partial charge in [0, 0.05) is 18.6 Å². The first-order chi connectivity index (χ1) is 5.43. The molecule has 0 atom stereocenters. The van der Waals surface area contributed by atoms with Gasteiger partial charge in [0.1, 0.15) is 0 Å². The van der Waals surface area contributed by atoms with Crippen molar-refractivity contribution in [2.24, 2.45) is 0 Å². The Morgan fingerprint density at radius 3 is 2.82 bits per heavy atom. The second-order valence-corrected chi connectivity index (χ2v) is 2.06.